The molecule has 6 nitrogen and oxygen atoms in total. The fraction of sp³-hybridized carbons (Fsp3) is 0.381. The molecule has 0 saturated carbocycles. The maximum absolute atomic E-state index is 7.15. The number of rotatable bonds is 4. The number of nitrogens with zero attached hydrogens (tertiary/aromatic N) is 5. The zero-order chi connectivity index (χ0) is 18.8. The van der Waals surface area contributed by atoms with E-state index in [2.05, 4.69) is 44.4 Å². The minimum atomic E-state index is 0. The number of halogens is 1. The Morgan fingerprint density at radius 1 is 1.29 bits per heavy atom. The minimum Gasteiger partial charge on any atom is -0.341 e. The molecule has 3 aromatic rings. The Balaban J connectivity index is 0.00000225. The lowest BCUT2D eigenvalue weighted by Gasteiger charge is -2.33. The Labute approximate surface area is 171 Å². The predicted octanol–water partition coefficient (Wildman–Crippen LogP) is 4.33. The molecule has 2 atom stereocenters. The van der Waals surface area contributed by atoms with Crippen molar-refractivity contribution in [3.8, 4) is 0 Å². The fourth-order valence-corrected chi connectivity index (χ4v) is 3.94. The van der Waals surface area contributed by atoms with Crippen molar-refractivity contribution in [3.05, 3.63) is 59.7 Å². The van der Waals surface area contributed by atoms with E-state index in [9.17, 15) is 0 Å². The van der Waals surface area contributed by atoms with Gasteiger partial charge in [-0.2, -0.15) is 0 Å². The van der Waals surface area contributed by atoms with E-state index in [0.717, 1.165) is 55.0 Å². The fourth-order valence-electron chi connectivity index (χ4n) is 3.94. The molecule has 3 heterocycles. The molecule has 4 rings (SSSR count). The lowest BCUT2D eigenvalue weighted by molar-refractivity contribution is 0.482. The summed E-state index contributed by atoms with van der Waals surface area (Å²) < 4.78 is 2.30. The second-order valence-corrected chi connectivity index (χ2v) is 7.10. The summed E-state index contributed by atoms with van der Waals surface area (Å²) in [6.45, 7) is 11.1. The van der Waals surface area contributed by atoms with Gasteiger partial charge in [-0.3, -0.25) is 4.98 Å². The summed E-state index contributed by atoms with van der Waals surface area (Å²) in [5.74, 6) is 0.967. The number of para-hydroxylation sites is 2. The number of hydrogen-bond donors (Lipinski definition) is 1. The number of aromatic nitrogens is 3. The van der Waals surface area contributed by atoms with Crippen LogP contribution >= 0.6 is 12.4 Å². The van der Waals surface area contributed by atoms with Gasteiger partial charge in [0.25, 0.3) is 0 Å². The lowest BCUT2D eigenvalue weighted by atomic mass is 10.1. The summed E-state index contributed by atoms with van der Waals surface area (Å²) in [4.78, 5) is 15.3. The number of piperidine rings is 1. The SMILES string of the molecule is Cl.[C-]#[N+]c1ccc([C@@H](CC)n2c(N3CCC[C@H](N)C3)nc3ccccc32)nc1. The van der Waals surface area contributed by atoms with Gasteiger partial charge in [-0.05, 0) is 37.5 Å². The Hall–Kier alpha value is -2.62. The molecule has 0 amide bonds. The Morgan fingerprint density at radius 3 is 2.79 bits per heavy atom. The summed E-state index contributed by atoms with van der Waals surface area (Å²) in [6.07, 6.45) is 4.69. The first-order valence-electron chi connectivity index (χ1n) is 9.52. The molecule has 1 aliphatic heterocycles. The van der Waals surface area contributed by atoms with E-state index in [1.54, 1.807) is 6.20 Å². The van der Waals surface area contributed by atoms with E-state index >= 15 is 0 Å². The average molecular weight is 397 g/mol. The highest BCUT2D eigenvalue weighted by atomic mass is 35.5. The second kappa shape index (κ2) is 8.59. The average Bonchev–Trinajstić information content (AvgIpc) is 3.09. The Kier molecular flexibility index (Phi) is 6.18. The number of benzene rings is 1. The van der Waals surface area contributed by atoms with E-state index in [4.69, 9.17) is 17.3 Å². The third kappa shape index (κ3) is 3.68. The molecule has 2 aromatic heterocycles. The van der Waals surface area contributed by atoms with Crippen LogP contribution in [-0.2, 0) is 0 Å². The van der Waals surface area contributed by atoms with Crippen molar-refractivity contribution in [1.82, 2.24) is 14.5 Å². The number of anilines is 1. The zero-order valence-corrected chi connectivity index (χ0v) is 16.8. The Bertz CT molecular complexity index is 975. The van der Waals surface area contributed by atoms with Crippen LogP contribution in [0.4, 0.5) is 11.6 Å². The molecule has 0 spiro atoms. The van der Waals surface area contributed by atoms with Gasteiger partial charge >= 0.3 is 0 Å². The predicted molar refractivity (Wildman–Crippen MR) is 115 cm³/mol. The number of pyridine rings is 1. The molecule has 1 aliphatic rings. The third-order valence-electron chi connectivity index (χ3n) is 5.26. The molecule has 0 aliphatic carbocycles. The molecule has 1 fully saturated rings. The van der Waals surface area contributed by atoms with Gasteiger partial charge in [0, 0.05) is 25.3 Å². The van der Waals surface area contributed by atoms with Gasteiger partial charge in [0.2, 0.25) is 11.6 Å². The molecule has 0 bridgehead atoms. The smallest absolute Gasteiger partial charge is 0.207 e. The molecule has 28 heavy (non-hydrogen) atoms. The van der Waals surface area contributed by atoms with E-state index in [1.165, 1.54) is 0 Å². The van der Waals surface area contributed by atoms with Crippen molar-refractivity contribution in [2.75, 3.05) is 18.0 Å². The molecular weight excluding hydrogens is 372 g/mol. The van der Waals surface area contributed by atoms with Gasteiger partial charge in [0.15, 0.2) is 0 Å². The highest BCUT2D eigenvalue weighted by Gasteiger charge is 2.26. The summed E-state index contributed by atoms with van der Waals surface area (Å²) in [7, 11) is 0. The van der Waals surface area contributed by atoms with Crippen molar-refractivity contribution in [2.24, 2.45) is 5.73 Å². The van der Waals surface area contributed by atoms with Crippen LogP contribution in [-0.4, -0.2) is 33.7 Å². The number of imidazole rings is 1. The van der Waals surface area contributed by atoms with E-state index in [-0.39, 0.29) is 24.5 Å². The maximum atomic E-state index is 7.15. The van der Waals surface area contributed by atoms with E-state index in [0.29, 0.717) is 5.69 Å². The van der Waals surface area contributed by atoms with E-state index in [1.807, 2.05) is 18.2 Å². The van der Waals surface area contributed by atoms with Gasteiger partial charge < -0.3 is 15.2 Å². The van der Waals surface area contributed by atoms with Gasteiger partial charge in [-0.1, -0.05) is 25.1 Å². The van der Waals surface area contributed by atoms with Gasteiger partial charge in [-0.25, -0.2) is 9.83 Å². The molecule has 146 valence electrons. The first-order chi connectivity index (χ1) is 13.2. The number of fused-ring (bicyclic) bond motifs is 1. The van der Waals surface area contributed by atoms with Crippen LogP contribution in [0, 0.1) is 6.57 Å². The largest absolute Gasteiger partial charge is 0.341 e. The minimum absolute atomic E-state index is 0. The van der Waals surface area contributed by atoms with Crippen molar-refractivity contribution in [2.45, 2.75) is 38.3 Å². The Morgan fingerprint density at radius 2 is 2.11 bits per heavy atom. The van der Waals surface area contributed by atoms with Crippen LogP contribution in [0.5, 0.6) is 0 Å². The first-order valence-corrected chi connectivity index (χ1v) is 9.52. The van der Waals surface area contributed by atoms with Crippen LogP contribution in [0.1, 0.15) is 37.9 Å². The summed E-state index contributed by atoms with van der Waals surface area (Å²) in [5.41, 5.74) is 9.85. The quantitative estimate of drug-likeness (QED) is 0.666. The first kappa shape index (κ1) is 20.1. The highest BCUT2D eigenvalue weighted by Crippen LogP contribution is 2.33. The van der Waals surface area contributed by atoms with Crippen LogP contribution in [0.2, 0.25) is 0 Å². The van der Waals surface area contributed by atoms with Gasteiger partial charge in [-0.15, -0.1) is 12.4 Å². The molecule has 7 heteroatoms. The normalized spacial score (nSPS) is 17.8. The van der Waals surface area contributed by atoms with Crippen molar-refractivity contribution < 1.29 is 0 Å². The van der Waals surface area contributed by atoms with Crippen LogP contribution in [0.15, 0.2) is 42.6 Å². The number of nitrogens with two attached hydrogens (primary N) is 1. The van der Waals surface area contributed by atoms with E-state index < -0.39 is 0 Å². The van der Waals surface area contributed by atoms with Crippen molar-refractivity contribution in [1.29, 1.82) is 0 Å². The topological polar surface area (TPSA) is 64.3 Å². The van der Waals surface area contributed by atoms with Gasteiger partial charge in [0.05, 0.1) is 29.3 Å². The molecule has 2 N–H and O–H groups in total. The maximum Gasteiger partial charge on any atom is 0.207 e. The van der Waals surface area contributed by atoms with Crippen molar-refractivity contribution >= 4 is 35.1 Å². The molecule has 0 radical (unpaired) electrons. The second-order valence-electron chi connectivity index (χ2n) is 7.10. The molecule has 0 unspecified atom stereocenters. The molecule has 1 saturated heterocycles. The summed E-state index contributed by atoms with van der Waals surface area (Å²) >= 11 is 0. The standard InChI is InChI=1S/C21H24N6.ClH/c1-3-19(17-11-10-16(23-2)13-24-17)27-20-9-5-4-8-18(20)25-21(27)26-12-6-7-15(22)14-26;/h4-5,8-11,13,15,19H,3,6-7,12,14,22H2,1H3;1H/t15-,19+;/m0./s1. The highest BCUT2D eigenvalue weighted by molar-refractivity contribution is 5.85. The monoisotopic (exact) mass is 396 g/mol. The summed E-state index contributed by atoms with van der Waals surface area (Å²) in [5, 5.41) is 0. The zero-order valence-electron chi connectivity index (χ0n) is 16.0. The lowest BCUT2D eigenvalue weighted by Crippen LogP contribution is -2.44. The van der Waals surface area contributed by atoms with Gasteiger partial charge in [0.1, 0.15) is 0 Å². The molecule has 1 aromatic carbocycles. The third-order valence-corrected chi connectivity index (χ3v) is 5.26. The molecular formula is C21H25ClN6. The number of hydrogen-bond acceptors (Lipinski definition) is 4. The summed E-state index contributed by atoms with van der Waals surface area (Å²) in [6, 6.07) is 12.3. The van der Waals surface area contributed by atoms with Crippen LogP contribution in [0.25, 0.3) is 15.9 Å². The van der Waals surface area contributed by atoms with Crippen molar-refractivity contribution in [3.63, 3.8) is 0 Å². The van der Waals surface area contributed by atoms with Crippen LogP contribution < -0.4 is 10.6 Å². The van der Waals surface area contributed by atoms with Crippen LogP contribution in [0.3, 0.4) is 0 Å².